The van der Waals surface area contributed by atoms with Gasteiger partial charge in [0.2, 0.25) is 0 Å². The molecule has 0 N–H and O–H groups in total. The number of rotatable bonds is 18. The third-order valence-electron chi connectivity index (χ3n) is 26.4. The van der Waals surface area contributed by atoms with Gasteiger partial charge in [0.25, 0.3) is 0 Å². The molecule has 0 aromatic heterocycles. The first-order valence-corrected chi connectivity index (χ1v) is 44.3. The summed E-state index contributed by atoms with van der Waals surface area (Å²) in [6.07, 6.45) is 8.06. The third-order valence-corrected chi connectivity index (χ3v) is 55.0. The Bertz CT molecular complexity index is 3530. The van der Waals surface area contributed by atoms with Crippen LogP contribution in [-0.4, -0.2) is 32.3 Å². The number of hydrogen-bond donors (Lipinski definition) is 0. The lowest BCUT2D eigenvalue weighted by Gasteiger charge is -2.63. The summed E-state index contributed by atoms with van der Waals surface area (Å²) in [6.45, 7) is 62.3. The number of hydrogen-bond acceptors (Lipinski definition) is 0. The molecule has 8 aromatic rings. The minimum Gasteiger partial charge on any atom is -0.0648 e. The van der Waals surface area contributed by atoms with Crippen LogP contribution in [0.4, 0.5) is 0 Å². The highest BCUT2D eigenvalue weighted by molar-refractivity contribution is 7.02. The van der Waals surface area contributed by atoms with Gasteiger partial charge in [-0.25, -0.2) is 0 Å². The molecular formula is C82H116Si4. The van der Waals surface area contributed by atoms with E-state index in [0.29, 0.717) is 66.5 Å². The van der Waals surface area contributed by atoms with Gasteiger partial charge in [-0.2, -0.15) is 0 Å². The second-order valence-corrected chi connectivity index (χ2v) is 56.9. The van der Waals surface area contributed by atoms with E-state index in [0.717, 1.165) is 11.8 Å². The summed E-state index contributed by atoms with van der Waals surface area (Å²) in [5, 5.41) is 25.6. The lowest BCUT2D eigenvalue weighted by molar-refractivity contribution is -0.0280. The Morgan fingerprint density at radius 3 is 0.709 bits per heavy atom. The van der Waals surface area contributed by atoms with E-state index in [4.69, 9.17) is 0 Å². The van der Waals surface area contributed by atoms with E-state index in [9.17, 15) is 0 Å². The summed E-state index contributed by atoms with van der Waals surface area (Å²) in [4.78, 5) is 0. The minimum atomic E-state index is -2.18. The summed E-state index contributed by atoms with van der Waals surface area (Å²) in [5.74, 6) is 1.53. The van der Waals surface area contributed by atoms with E-state index in [-0.39, 0.29) is 10.8 Å². The number of benzene rings is 8. The van der Waals surface area contributed by atoms with E-state index in [1.54, 1.807) is 75.0 Å². The molecule has 8 aromatic carbocycles. The van der Waals surface area contributed by atoms with Gasteiger partial charge >= 0.3 is 0 Å². The van der Waals surface area contributed by atoms with Crippen LogP contribution in [0.25, 0.3) is 64.6 Å². The van der Waals surface area contributed by atoms with Crippen molar-refractivity contribution in [1.82, 2.24) is 0 Å². The van der Waals surface area contributed by atoms with E-state index in [1.165, 1.54) is 60.1 Å². The van der Waals surface area contributed by atoms with Gasteiger partial charge in [-0.05, 0) is 248 Å². The van der Waals surface area contributed by atoms with Gasteiger partial charge in [-0.3, -0.25) is 0 Å². The van der Waals surface area contributed by atoms with Crippen LogP contribution in [0, 0.1) is 11.8 Å². The van der Waals surface area contributed by atoms with Crippen LogP contribution in [0.2, 0.25) is 66.5 Å². The zero-order valence-electron chi connectivity index (χ0n) is 58.7. The monoisotopic (exact) mass is 1210 g/mol. The lowest BCUT2D eigenvalue weighted by atomic mass is 9.41. The summed E-state index contributed by atoms with van der Waals surface area (Å²) >= 11 is 0. The topological polar surface area (TPSA) is 0 Å². The van der Waals surface area contributed by atoms with Crippen molar-refractivity contribution in [2.24, 2.45) is 11.8 Å². The smallest absolute Gasteiger partial charge is 0.0648 e. The van der Waals surface area contributed by atoms with Gasteiger partial charge in [0.1, 0.15) is 0 Å². The molecule has 0 aliphatic heterocycles. The van der Waals surface area contributed by atoms with Crippen molar-refractivity contribution in [3.63, 3.8) is 0 Å². The average molecular weight is 1210 g/mol. The van der Waals surface area contributed by atoms with Crippen LogP contribution >= 0.6 is 0 Å². The van der Waals surface area contributed by atoms with Crippen molar-refractivity contribution in [3.8, 4) is 0 Å². The summed E-state index contributed by atoms with van der Waals surface area (Å²) in [6, 6.07) is 47.1. The molecule has 4 saturated carbocycles. The Morgan fingerprint density at radius 2 is 0.488 bits per heavy atom. The van der Waals surface area contributed by atoms with E-state index < -0.39 is 32.3 Å². The molecule has 0 radical (unpaired) electrons. The van der Waals surface area contributed by atoms with Crippen LogP contribution in [0.15, 0.2) is 109 Å². The lowest BCUT2D eigenvalue weighted by Crippen LogP contribution is -2.59. The molecule has 0 saturated heterocycles. The van der Waals surface area contributed by atoms with Gasteiger partial charge in [0, 0.05) is 0 Å². The maximum Gasteiger partial charge on any atom is 0.0958 e. The Morgan fingerprint density at radius 1 is 0.267 bits per heavy atom. The molecule has 4 heteroatoms. The molecule has 4 fully saturated rings. The van der Waals surface area contributed by atoms with Crippen molar-refractivity contribution in [1.29, 1.82) is 0 Å². The first-order chi connectivity index (χ1) is 40.5. The minimum absolute atomic E-state index is 0.181. The average Bonchev–Trinajstić information content (AvgIpc) is 0.756. The molecule has 0 unspecified atom stereocenters. The third kappa shape index (κ3) is 8.86. The molecule has 4 aliphatic carbocycles. The molecule has 0 amide bonds. The fourth-order valence-corrected chi connectivity index (χ4v) is 53.1. The molecule has 0 heterocycles. The van der Waals surface area contributed by atoms with Gasteiger partial charge in [-0.1, -0.05) is 251 Å². The standard InChI is InChI=1S/C82H116Si4/c1-49(2)83(50(3)4,51(5)6)77-69-29-25-27-31-71(69)79(85(55(13)14,56(15)16)57(17)18)75-42-65-38-67(35-33-63(65)40-73(75)77)81-44-61-37-62(45-81)47-82(46-61,48-81)68-36-34-64-41-74-76(43-66(64)39-68)80(86(58(19)20,59(21)22)60(23)24)72-32-28-26-30-70(72)78(74)84(52(7)8,53(9)10)54(11)12/h25-36,38-43,49-62H,37,44-48H2,1-24H3. The molecule has 4 bridgehead atoms. The second kappa shape index (κ2) is 22.5. The predicted octanol–water partition coefficient (Wildman–Crippen LogP) is 23.9. The Hall–Kier alpha value is -3.81. The molecule has 4 aliphatic rings. The normalized spacial score (nSPS) is 20.9. The van der Waals surface area contributed by atoms with Crippen molar-refractivity contribution >= 4 is 118 Å². The van der Waals surface area contributed by atoms with Crippen LogP contribution < -0.4 is 20.7 Å². The first kappa shape index (κ1) is 63.7. The van der Waals surface area contributed by atoms with Crippen molar-refractivity contribution < 1.29 is 0 Å². The molecule has 0 nitrogen and oxygen atoms in total. The second-order valence-electron chi connectivity index (χ2n) is 33.6. The SMILES string of the molecule is CC(C)[Si](c1c2ccccc2c([Si](C(C)C)(C(C)C)C(C)C)c2cc3cc(C45CC6CC(C4)CC(c4ccc7cc8c([Si](C(C)C)(C(C)C)C(C)C)c9ccccc9c([Si](C(C)C)(C(C)C)C(C)C)c8cc7c4)(C6)C5)ccc3cc12)(C(C)C)C(C)C. The van der Waals surface area contributed by atoms with Crippen LogP contribution in [0.1, 0.15) is 216 Å². The zero-order chi connectivity index (χ0) is 62.4. The van der Waals surface area contributed by atoms with E-state index in [2.05, 4.69) is 275 Å². The van der Waals surface area contributed by atoms with Gasteiger partial charge in [0.15, 0.2) is 0 Å². The fourth-order valence-electron chi connectivity index (χ4n) is 24.8. The van der Waals surface area contributed by atoms with Crippen LogP contribution in [-0.2, 0) is 10.8 Å². The Balaban J connectivity index is 1.14. The largest absolute Gasteiger partial charge is 0.0958 e. The first-order valence-electron chi connectivity index (χ1n) is 35.3. The van der Waals surface area contributed by atoms with Crippen LogP contribution in [0.3, 0.4) is 0 Å². The van der Waals surface area contributed by atoms with Crippen molar-refractivity contribution in [3.05, 3.63) is 120 Å². The Labute approximate surface area is 528 Å². The zero-order valence-corrected chi connectivity index (χ0v) is 62.7. The highest BCUT2D eigenvalue weighted by atomic mass is 28.3. The van der Waals surface area contributed by atoms with Crippen molar-refractivity contribution in [2.45, 2.75) is 282 Å². The maximum atomic E-state index is 2.81. The molecule has 0 spiro atoms. The molecule has 460 valence electrons. The molecule has 12 rings (SSSR count). The van der Waals surface area contributed by atoms with Crippen molar-refractivity contribution in [2.75, 3.05) is 0 Å². The Kier molecular flexibility index (Phi) is 16.7. The highest BCUT2D eigenvalue weighted by Crippen LogP contribution is 2.67. The fraction of sp³-hybridized carbons (Fsp3) is 0.561. The quantitative estimate of drug-likeness (QED) is 0.0593. The maximum absolute atomic E-state index is 2.81. The predicted molar refractivity (Wildman–Crippen MR) is 399 cm³/mol. The van der Waals surface area contributed by atoms with E-state index in [1.807, 2.05) is 0 Å². The van der Waals surface area contributed by atoms with Crippen LogP contribution in [0.5, 0.6) is 0 Å². The highest BCUT2D eigenvalue weighted by Gasteiger charge is 2.59. The van der Waals surface area contributed by atoms with E-state index >= 15 is 0 Å². The molecule has 0 atom stereocenters. The summed E-state index contributed by atoms with van der Waals surface area (Å²) in [7, 11) is -8.68. The summed E-state index contributed by atoms with van der Waals surface area (Å²) < 4.78 is 0. The number of fused-ring (bicyclic) bond motifs is 6. The summed E-state index contributed by atoms with van der Waals surface area (Å²) in [5.41, 5.74) is 11.0. The van der Waals surface area contributed by atoms with Gasteiger partial charge < -0.3 is 0 Å². The molecular weight excluding hydrogens is 1100 g/mol. The molecule has 86 heavy (non-hydrogen) atoms. The van der Waals surface area contributed by atoms with Gasteiger partial charge in [0.05, 0.1) is 32.3 Å². The van der Waals surface area contributed by atoms with Gasteiger partial charge in [-0.15, -0.1) is 0 Å².